The third-order valence-electron chi connectivity index (χ3n) is 4.58. The van der Waals surface area contributed by atoms with Gasteiger partial charge in [0.1, 0.15) is 0 Å². The fourth-order valence-corrected chi connectivity index (χ4v) is 2.70. The Kier molecular flexibility index (Phi) is 4.78. The van der Waals surface area contributed by atoms with Gasteiger partial charge >= 0.3 is 0 Å². The van der Waals surface area contributed by atoms with Crippen molar-refractivity contribution in [1.82, 2.24) is 0 Å². The summed E-state index contributed by atoms with van der Waals surface area (Å²) in [5, 5.41) is 9.72. The molecule has 0 bridgehead atoms. The molecule has 2 nitrogen and oxygen atoms in total. The molecule has 0 radical (unpaired) electrons. The molecule has 2 heteroatoms. The zero-order valence-corrected chi connectivity index (χ0v) is 11.9. The monoisotopic (exact) mass is 260 g/mol. The van der Waals surface area contributed by atoms with Gasteiger partial charge in [0.2, 0.25) is 0 Å². The average Bonchev–Trinajstić information content (AvgIpc) is 2.45. The maximum atomic E-state index is 9.72. The fraction of sp³-hybridized carbons (Fsp3) is 0.529. The van der Waals surface area contributed by atoms with E-state index in [4.69, 9.17) is 4.74 Å². The van der Waals surface area contributed by atoms with Gasteiger partial charge in [0.15, 0.2) is 0 Å². The minimum absolute atomic E-state index is 0.0640. The Labute approximate surface area is 116 Å². The van der Waals surface area contributed by atoms with Crippen LogP contribution in [0.25, 0.3) is 0 Å². The molecule has 1 aliphatic carbocycles. The van der Waals surface area contributed by atoms with E-state index in [9.17, 15) is 5.11 Å². The summed E-state index contributed by atoms with van der Waals surface area (Å²) in [5.41, 5.74) is 1.13. The molecular formula is C17H24O2. The number of hydrogen-bond acceptors (Lipinski definition) is 2. The Bertz CT molecular complexity index is 413. The predicted molar refractivity (Wildman–Crippen MR) is 77.7 cm³/mol. The lowest BCUT2D eigenvalue weighted by atomic mass is 9.65. The van der Waals surface area contributed by atoms with Gasteiger partial charge in [-0.3, -0.25) is 0 Å². The van der Waals surface area contributed by atoms with E-state index in [1.54, 1.807) is 0 Å². The standard InChI is InChI=1S/C17H24O2/c1-14-7-6-10-16(17(14,2)13-18)12-19-11-15-8-4-3-5-9-15/h3-6,8-10,14,16,18H,7,11-13H2,1-2H3/t14-,16+,17+/m0/s1. The van der Waals surface area contributed by atoms with Gasteiger partial charge in [-0.2, -0.15) is 0 Å². The second-order valence-corrected chi connectivity index (χ2v) is 5.84. The Morgan fingerprint density at radius 2 is 2.05 bits per heavy atom. The molecule has 0 unspecified atom stereocenters. The van der Waals surface area contributed by atoms with Gasteiger partial charge in [0.25, 0.3) is 0 Å². The molecule has 0 spiro atoms. The van der Waals surface area contributed by atoms with E-state index < -0.39 is 0 Å². The van der Waals surface area contributed by atoms with Crippen molar-refractivity contribution in [1.29, 1.82) is 0 Å². The van der Waals surface area contributed by atoms with E-state index >= 15 is 0 Å². The molecule has 1 aromatic carbocycles. The highest BCUT2D eigenvalue weighted by atomic mass is 16.5. The molecule has 104 valence electrons. The lowest BCUT2D eigenvalue weighted by molar-refractivity contribution is -0.0118. The highest BCUT2D eigenvalue weighted by molar-refractivity contribution is 5.13. The van der Waals surface area contributed by atoms with Gasteiger partial charge in [-0.15, -0.1) is 0 Å². The summed E-state index contributed by atoms with van der Waals surface area (Å²) in [6, 6.07) is 10.2. The summed E-state index contributed by atoms with van der Waals surface area (Å²) in [7, 11) is 0. The average molecular weight is 260 g/mol. The first-order valence-electron chi connectivity index (χ1n) is 7.06. The Balaban J connectivity index is 1.91. The fourth-order valence-electron chi connectivity index (χ4n) is 2.70. The van der Waals surface area contributed by atoms with Gasteiger partial charge < -0.3 is 9.84 Å². The van der Waals surface area contributed by atoms with Crippen LogP contribution in [0, 0.1) is 17.3 Å². The summed E-state index contributed by atoms with van der Waals surface area (Å²) in [6.07, 6.45) is 5.48. The molecule has 0 aliphatic heterocycles. The largest absolute Gasteiger partial charge is 0.396 e. The van der Waals surface area contributed by atoms with Crippen molar-refractivity contribution >= 4 is 0 Å². The van der Waals surface area contributed by atoms with Crippen molar-refractivity contribution < 1.29 is 9.84 Å². The van der Waals surface area contributed by atoms with Crippen LogP contribution in [0.1, 0.15) is 25.8 Å². The van der Waals surface area contributed by atoms with Gasteiger partial charge in [-0.05, 0) is 17.9 Å². The van der Waals surface area contributed by atoms with Crippen LogP contribution < -0.4 is 0 Å². The zero-order valence-electron chi connectivity index (χ0n) is 11.9. The zero-order chi connectivity index (χ0) is 13.7. The first-order chi connectivity index (χ1) is 9.16. The molecule has 0 saturated heterocycles. The SMILES string of the molecule is C[C@H]1CC=C[C@H](COCc2ccccc2)[C@]1(C)CO. The van der Waals surface area contributed by atoms with Crippen LogP contribution in [-0.2, 0) is 11.3 Å². The minimum Gasteiger partial charge on any atom is -0.396 e. The molecule has 1 N–H and O–H groups in total. The molecule has 0 fully saturated rings. The molecular weight excluding hydrogens is 236 g/mol. The first kappa shape index (κ1) is 14.3. The van der Waals surface area contributed by atoms with E-state index in [0.29, 0.717) is 25.0 Å². The summed E-state index contributed by atoms with van der Waals surface area (Å²) in [6.45, 7) is 5.91. The summed E-state index contributed by atoms with van der Waals surface area (Å²) >= 11 is 0. The summed E-state index contributed by atoms with van der Waals surface area (Å²) in [4.78, 5) is 0. The van der Waals surface area contributed by atoms with E-state index in [-0.39, 0.29) is 12.0 Å². The van der Waals surface area contributed by atoms with Crippen LogP contribution in [-0.4, -0.2) is 18.3 Å². The third-order valence-corrected chi connectivity index (χ3v) is 4.58. The van der Waals surface area contributed by atoms with Crippen LogP contribution in [0.2, 0.25) is 0 Å². The lowest BCUT2D eigenvalue weighted by Crippen LogP contribution is -2.40. The number of rotatable bonds is 5. The van der Waals surface area contributed by atoms with Crippen molar-refractivity contribution in [2.24, 2.45) is 17.3 Å². The number of allylic oxidation sites excluding steroid dienone is 1. The molecule has 0 heterocycles. The van der Waals surface area contributed by atoms with Crippen LogP contribution >= 0.6 is 0 Å². The lowest BCUT2D eigenvalue weighted by Gasteiger charge is -2.42. The molecule has 0 aromatic heterocycles. The second-order valence-electron chi connectivity index (χ2n) is 5.84. The van der Waals surface area contributed by atoms with Crippen molar-refractivity contribution in [3.63, 3.8) is 0 Å². The van der Waals surface area contributed by atoms with E-state index in [1.165, 1.54) is 5.56 Å². The Morgan fingerprint density at radius 1 is 1.32 bits per heavy atom. The van der Waals surface area contributed by atoms with Crippen molar-refractivity contribution in [2.75, 3.05) is 13.2 Å². The van der Waals surface area contributed by atoms with Gasteiger partial charge in [-0.1, -0.05) is 56.3 Å². The first-order valence-corrected chi connectivity index (χ1v) is 7.06. The van der Waals surface area contributed by atoms with E-state index in [2.05, 4.69) is 38.1 Å². The number of aliphatic hydroxyl groups is 1. The topological polar surface area (TPSA) is 29.5 Å². The number of ether oxygens (including phenoxy) is 1. The second kappa shape index (κ2) is 6.36. The third kappa shape index (κ3) is 3.26. The Hall–Kier alpha value is -1.12. The number of benzene rings is 1. The molecule has 3 atom stereocenters. The highest BCUT2D eigenvalue weighted by Gasteiger charge is 2.39. The minimum atomic E-state index is -0.0640. The summed E-state index contributed by atoms with van der Waals surface area (Å²) < 4.78 is 5.84. The molecule has 0 saturated carbocycles. The smallest absolute Gasteiger partial charge is 0.0717 e. The normalized spacial score (nSPS) is 30.5. The molecule has 0 amide bonds. The Morgan fingerprint density at radius 3 is 2.74 bits per heavy atom. The summed E-state index contributed by atoms with van der Waals surface area (Å²) in [5.74, 6) is 0.790. The molecule has 2 rings (SSSR count). The highest BCUT2D eigenvalue weighted by Crippen LogP contribution is 2.41. The quantitative estimate of drug-likeness (QED) is 0.822. The molecule has 1 aromatic rings. The molecule has 19 heavy (non-hydrogen) atoms. The maximum Gasteiger partial charge on any atom is 0.0717 e. The van der Waals surface area contributed by atoms with Crippen molar-refractivity contribution in [3.05, 3.63) is 48.0 Å². The molecule has 1 aliphatic rings. The van der Waals surface area contributed by atoms with Gasteiger partial charge in [0.05, 0.1) is 13.2 Å². The predicted octanol–water partition coefficient (Wildman–Crippen LogP) is 3.41. The van der Waals surface area contributed by atoms with E-state index in [1.807, 2.05) is 18.2 Å². The van der Waals surface area contributed by atoms with Crippen LogP contribution in [0.5, 0.6) is 0 Å². The van der Waals surface area contributed by atoms with Crippen molar-refractivity contribution in [2.45, 2.75) is 26.9 Å². The number of aliphatic hydroxyl groups excluding tert-OH is 1. The van der Waals surface area contributed by atoms with Crippen molar-refractivity contribution in [3.8, 4) is 0 Å². The van der Waals surface area contributed by atoms with Gasteiger partial charge in [0, 0.05) is 17.9 Å². The van der Waals surface area contributed by atoms with Crippen LogP contribution in [0.4, 0.5) is 0 Å². The number of hydrogen-bond donors (Lipinski definition) is 1. The van der Waals surface area contributed by atoms with Gasteiger partial charge in [-0.25, -0.2) is 0 Å². The maximum absolute atomic E-state index is 9.72. The van der Waals surface area contributed by atoms with E-state index in [0.717, 1.165) is 6.42 Å². The van der Waals surface area contributed by atoms with Crippen LogP contribution in [0.15, 0.2) is 42.5 Å². The van der Waals surface area contributed by atoms with Crippen LogP contribution in [0.3, 0.4) is 0 Å².